The van der Waals surface area contributed by atoms with Gasteiger partial charge in [0.1, 0.15) is 6.10 Å². The fraction of sp³-hybridized carbons (Fsp3) is 0.462. The van der Waals surface area contributed by atoms with Crippen LogP contribution >= 0.6 is 0 Å². The van der Waals surface area contributed by atoms with Crippen molar-refractivity contribution in [2.45, 2.75) is 24.9 Å². The van der Waals surface area contributed by atoms with Gasteiger partial charge in [0.15, 0.2) is 23.2 Å². The predicted molar refractivity (Wildman–Crippen MR) is 73.6 cm³/mol. The lowest BCUT2D eigenvalue weighted by Crippen LogP contribution is -2.19. The van der Waals surface area contributed by atoms with Crippen LogP contribution in [0, 0.1) is 0 Å². The molecular weight excluding hydrogens is 276 g/mol. The minimum atomic E-state index is -0.743. The molecule has 1 fully saturated rings. The van der Waals surface area contributed by atoms with Crippen LogP contribution in [-0.2, 0) is 4.74 Å². The first-order chi connectivity index (χ1) is 10.2. The number of methoxy groups -OCH3 is 1. The molecule has 0 aliphatic carbocycles. The summed E-state index contributed by atoms with van der Waals surface area (Å²) in [6.45, 7) is 3.50. The van der Waals surface area contributed by atoms with E-state index in [2.05, 4.69) is 21.5 Å². The molecule has 0 bridgehead atoms. The van der Waals surface area contributed by atoms with E-state index in [1.165, 1.54) is 19.5 Å². The van der Waals surface area contributed by atoms with Crippen LogP contribution < -0.4 is 4.74 Å². The summed E-state index contributed by atoms with van der Waals surface area (Å²) < 4.78 is 12.4. The van der Waals surface area contributed by atoms with Gasteiger partial charge in [0.05, 0.1) is 26.1 Å². The van der Waals surface area contributed by atoms with Gasteiger partial charge in [-0.2, -0.15) is 4.98 Å². The van der Waals surface area contributed by atoms with Gasteiger partial charge in [-0.3, -0.25) is 4.57 Å². The Kier molecular flexibility index (Phi) is 3.58. The van der Waals surface area contributed by atoms with Gasteiger partial charge in [-0.05, 0) is 6.08 Å². The Morgan fingerprint density at radius 2 is 2.38 bits per heavy atom. The van der Waals surface area contributed by atoms with E-state index in [1.807, 2.05) is 0 Å². The Hall–Kier alpha value is -2.03. The highest BCUT2D eigenvalue weighted by atomic mass is 16.5. The number of aromatic nitrogens is 4. The lowest BCUT2D eigenvalue weighted by atomic mass is 10.2. The smallest absolute Gasteiger partial charge is 0.245 e. The Bertz CT molecular complexity index is 671. The van der Waals surface area contributed by atoms with Crippen LogP contribution in [0.1, 0.15) is 18.5 Å². The SMILES string of the molecule is C=Cc1nc(OC)c2ncn([C@@H]3O[C@H](CO)C[C@H]3O)c2n1. The topological polar surface area (TPSA) is 103 Å². The summed E-state index contributed by atoms with van der Waals surface area (Å²) in [5.41, 5.74) is 0.964. The largest absolute Gasteiger partial charge is 0.479 e. The fourth-order valence-electron chi connectivity index (χ4n) is 2.42. The molecule has 21 heavy (non-hydrogen) atoms. The van der Waals surface area contributed by atoms with E-state index in [0.29, 0.717) is 29.3 Å². The summed E-state index contributed by atoms with van der Waals surface area (Å²) in [7, 11) is 1.50. The van der Waals surface area contributed by atoms with Crippen LogP contribution in [0.4, 0.5) is 0 Å². The Morgan fingerprint density at radius 3 is 3.00 bits per heavy atom. The summed E-state index contributed by atoms with van der Waals surface area (Å²) in [5, 5.41) is 19.3. The third kappa shape index (κ3) is 2.27. The van der Waals surface area contributed by atoms with E-state index in [9.17, 15) is 5.11 Å². The van der Waals surface area contributed by atoms with E-state index in [0.717, 1.165) is 0 Å². The van der Waals surface area contributed by atoms with Gasteiger partial charge < -0.3 is 19.7 Å². The van der Waals surface area contributed by atoms with Crippen molar-refractivity contribution in [2.75, 3.05) is 13.7 Å². The predicted octanol–water partition coefficient (Wildman–Crippen LogP) is 0.119. The number of nitrogens with zero attached hydrogens (tertiary/aromatic N) is 4. The maximum absolute atomic E-state index is 10.1. The summed E-state index contributed by atoms with van der Waals surface area (Å²) in [5.74, 6) is 0.729. The van der Waals surface area contributed by atoms with Crippen molar-refractivity contribution in [3.63, 3.8) is 0 Å². The van der Waals surface area contributed by atoms with E-state index in [1.54, 1.807) is 4.57 Å². The minimum Gasteiger partial charge on any atom is -0.479 e. The van der Waals surface area contributed by atoms with Crippen LogP contribution in [0.5, 0.6) is 5.88 Å². The van der Waals surface area contributed by atoms with Crippen molar-refractivity contribution in [3.8, 4) is 5.88 Å². The van der Waals surface area contributed by atoms with E-state index in [-0.39, 0.29) is 6.61 Å². The quantitative estimate of drug-likeness (QED) is 0.825. The molecule has 3 rings (SSSR count). The first kappa shape index (κ1) is 13.9. The number of fused-ring (bicyclic) bond motifs is 1. The number of aliphatic hydroxyl groups excluding tert-OH is 2. The molecule has 0 amide bonds. The van der Waals surface area contributed by atoms with Crippen LogP contribution in [-0.4, -0.2) is 55.7 Å². The highest BCUT2D eigenvalue weighted by Gasteiger charge is 2.36. The highest BCUT2D eigenvalue weighted by molar-refractivity contribution is 5.77. The Balaban J connectivity index is 2.09. The van der Waals surface area contributed by atoms with Gasteiger partial charge in [0.2, 0.25) is 5.88 Å². The van der Waals surface area contributed by atoms with Crippen molar-refractivity contribution >= 4 is 17.2 Å². The number of imidazole rings is 1. The number of ether oxygens (including phenoxy) is 2. The molecule has 0 aromatic carbocycles. The molecule has 1 saturated heterocycles. The van der Waals surface area contributed by atoms with Crippen molar-refractivity contribution in [1.29, 1.82) is 0 Å². The molecule has 0 spiro atoms. The van der Waals surface area contributed by atoms with Crippen molar-refractivity contribution in [1.82, 2.24) is 19.5 Å². The van der Waals surface area contributed by atoms with Crippen molar-refractivity contribution in [2.24, 2.45) is 0 Å². The van der Waals surface area contributed by atoms with Crippen LogP contribution in [0.2, 0.25) is 0 Å². The molecule has 1 aliphatic rings. The molecule has 2 aromatic rings. The van der Waals surface area contributed by atoms with Crippen molar-refractivity contribution < 1.29 is 19.7 Å². The highest BCUT2D eigenvalue weighted by Crippen LogP contribution is 2.32. The number of rotatable bonds is 4. The fourth-order valence-corrected chi connectivity index (χ4v) is 2.42. The van der Waals surface area contributed by atoms with Crippen LogP contribution in [0.15, 0.2) is 12.9 Å². The monoisotopic (exact) mass is 292 g/mol. The maximum Gasteiger partial charge on any atom is 0.245 e. The second kappa shape index (κ2) is 5.40. The molecule has 3 atom stereocenters. The first-order valence-electron chi connectivity index (χ1n) is 6.53. The number of hydrogen-bond acceptors (Lipinski definition) is 7. The third-order valence-electron chi connectivity index (χ3n) is 3.43. The molecule has 8 nitrogen and oxygen atoms in total. The summed E-state index contributed by atoms with van der Waals surface area (Å²) in [6.07, 6.45) is 1.59. The normalized spacial score (nSPS) is 25.4. The van der Waals surface area contributed by atoms with Gasteiger partial charge in [-0.1, -0.05) is 6.58 Å². The molecule has 3 heterocycles. The zero-order valence-corrected chi connectivity index (χ0v) is 11.5. The number of hydrogen-bond donors (Lipinski definition) is 2. The third-order valence-corrected chi connectivity index (χ3v) is 3.43. The van der Waals surface area contributed by atoms with Gasteiger partial charge in [-0.15, -0.1) is 0 Å². The average molecular weight is 292 g/mol. The molecular formula is C13H16N4O4. The second-order valence-corrected chi connectivity index (χ2v) is 4.75. The van der Waals surface area contributed by atoms with E-state index in [4.69, 9.17) is 14.6 Å². The van der Waals surface area contributed by atoms with Gasteiger partial charge >= 0.3 is 0 Å². The molecule has 0 radical (unpaired) electrons. The molecule has 0 saturated carbocycles. The van der Waals surface area contributed by atoms with Crippen molar-refractivity contribution in [3.05, 3.63) is 18.7 Å². The summed E-state index contributed by atoms with van der Waals surface area (Å²) in [4.78, 5) is 12.7. The van der Waals surface area contributed by atoms with E-state index < -0.39 is 18.4 Å². The summed E-state index contributed by atoms with van der Waals surface area (Å²) >= 11 is 0. The summed E-state index contributed by atoms with van der Waals surface area (Å²) in [6, 6.07) is 0. The van der Waals surface area contributed by atoms with E-state index >= 15 is 0 Å². The Labute approximate surface area is 120 Å². The average Bonchev–Trinajstić information content (AvgIpc) is 3.08. The Morgan fingerprint density at radius 1 is 1.57 bits per heavy atom. The zero-order chi connectivity index (χ0) is 15.0. The maximum atomic E-state index is 10.1. The second-order valence-electron chi connectivity index (χ2n) is 4.75. The van der Waals surface area contributed by atoms with Gasteiger partial charge in [0, 0.05) is 6.42 Å². The minimum absolute atomic E-state index is 0.142. The molecule has 2 aromatic heterocycles. The standard InChI is InChI=1S/C13H16N4O4/c1-3-9-15-11-10(12(16-9)20-2)14-6-17(11)13-8(19)4-7(5-18)21-13/h3,6-8,13,18-19H,1,4-5H2,2H3/t7-,8+,13+/m0/s1. The van der Waals surface area contributed by atoms with Gasteiger partial charge in [-0.25, -0.2) is 9.97 Å². The van der Waals surface area contributed by atoms with Gasteiger partial charge in [0.25, 0.3) is 0 Å². The zero-order valence-electron chi connectivity index (χ0n) is 11.5. The lowest BCUT2D eigenvalue weighted by Gasteiger charge is -2.16. The molecule has 2 N–H and O–H groups in total. The molecule has 112 valence electrons. The molecule has 0 unspecified atom stereocenters. The van der Waals surface area contributed by atoms with Crippen LogP contribution in [0.25, 0.3) is 17.2 Å². The molecule has 8 heteroatoms. The van der Waals surface area contributed by atoms with Crippen LogP contribution in [0.3, 0.4) is 0 Å². The lowest BCUT2D eigenvalue weighted by molar-refractivity contribution is -0.0486. The number of aliphatic hydroxyl groups is 2. The first-order valence-corrected chi connectivity index (χ1v) is 6.53. The molecule has 1 aliphatic heterocycles.